The van der Waals surface area contributed by atoms with Gasteiger partial charge in [-0.1, -0.05) is 6.58 Å². The van der Waals surface area contributed by atoms with Gasteiger partial charge in [-0.3, -0.25) is 0 Å². The molecule has 0 aliphatic carbocycles. The van der Waals surface area contributed by atoms with Gasteiger partial charge in [-0.15, -0.1) is 0 Å². The molecule has 106 valence electrons. The Hall–Kier alpha value is -0.733. The summed E-state index contributed by atoms with van der Waals surface area (Å²) >= 11 is 0. The first-order valence-electron chi connectivity index (χ1n) is 5.63. The van der Waals surface area contributed by atoms with Crippen LogP contribution in [0.25, 0.3) is 0 Å². The third kappa shape index (κ3) is 8.37. The lowest BCUT2D eigenvalue weighted by Gasteiger charge is -2.26. The van der Waals surface area contributed by atoms with E-state index in [4.69, 9.17) is 23.1 Å². The van der Waals surface area contributed by atoms with Gasteiger partial charge in [0.1, 0.15) is 6.23 Å². The smallest absolute Gasteiger partial charge is 0.374 e. The number of rotatable bonds is 11. The van der Waals surface area contributed by atoms with Crippen LogP contribution in [0.5, 0.6) is 0 Å². The van der Waals surface area contributed by atoms with Crippen molar-refractivity contribution in [2.45, 2.75) is 6.55 Å². The molecule has 0 saturated heterocycles. The molecular weight excluding hydrogens is 256 g/mol. The van der Waals surface area contributed by atoms with Gasteiger partial charge in [0.15, 0.2) is 0 Å². The first-order valence-corrected chi connectivity index (χ1v) is 8.15. The van der Waals surface area contributed by atoms with Crippen LogP contribution in [-0.2, 0) is 27.9 Å². The van der Waals surface area contributed by atoms with Gasteiger partial charge in [0.25, 0.3) is 0 Å². The minimum Gasteiger partial charge on any atom is -0.461 e. The summed E-state index contributed by atoms with van der Waals surface area (Å²) in [5.41, 5.74) is 0. The standard InChI is InChI=1S/C11H22O6Si/c1-5-11(12)15-10-18(4,16-8-6-13-2)17-9-7-14-3/h5H,1,6-10H2,2-4H3. The van der Waals surface area contributed by atoms with E-state index in [9.17, 15) is 4.79 Å². The van der Waals surface area contributed by atoms with E-state index >= 15 is 0 Å². The zero-order chi connectivity index (χ0) is 13.9. The largest absolute Gasteiger partial charge is 0.461 e. The molecule has 0 atom stereocenters. The van der Waals surface area contributed by atoms with Gasteiger partial charge < -0.3 is 23.1 Å². The Morgan fingerprint density at radius 2 is 1.61 bits per heavy atom. The third-order valence-electron chi connectivity index (χ3n) is 2.03. The lowest BCUT2D eigenvalue weighted by atomic mass is 10.7. The van der Waals surface area contributed by atoms with Gasteiger partial charge in [0.05, 0.1) is 26.4 Å². The van der Waals surface area contributed by atoms with Crippen molar-refractivity contribution in [1.82, 2.24) is 0 Å². The zero-order valence-corrected chi connectivity index (χ0v) is 12.3. The average Bonchev–Trinajstić information content (AvgIpc) is 2.37. The molecule has 18 heavy (non-hydrogen) atoms. The summed E-state index contributed by atoms with van der Waals surface area (Å²) < 4.78 is 26.1. The zero-order valence-electron chi connectivity index (χ0n) is 11.3. The molecule has 0 aromatic carbocycles. The summed E-state index contributed by atoms with van der Waals surface area (Å²) in [7, 11) is 0.624. The van der Waals surface area contributed by atoms with Crippen molar-refractivity contribution in [3.63, 3.8) is 0 Å². The Balaban J connectivity index is 4.18. The van der Waals surface area contributed by atoms with Crippen LogP contribution >= 0.6 is 0 Å². The SMILES string of the molecule is C=CC(=O)OC[Si](C)(OCCOC)OCCOC. The maximum absolute atomic E-state index is 11.0. The van der Waals surface area contributed by atoms with Crippen molar-refractivity contribution < 1.29 is 27.9 Å². The minimum atomic E-state index is -2.55. The summed E-state index contributed by atoms with van der Waals surface area (Å²) in [6.07, 6.45) is 1.23. The molecule has 0 bridgehead atoms. The van der Waals surface area contributed by atoms with Gasteiger partial charge in [-0.05, 0) is 6.55 Å². The molecule has 0 saturated carbocycles. The molecular formula is C11H22O6Si. The Kier molecular flexibility index (Phi) is 9.80. The first kappa shape index (κ1) is 17.3. The Morgan fingerprint density at radius 3 is 2.00 bits per heavy atom. The molecule has 0 rings (SSSR count). The monoisotopic (exact) mass is 278 g/mol. The van der Waals surface area contributed by atoms with Crippen LogP contribution in [0.3, 0.4) is 0 Å². The fourth-order valence-corrected chi connectivity index (χ4v) is 2.75. The molecule has 0 heterocycles. The lowest BCUT2D eigenvalue weighted by Crippen LogP contribution is -2.46. The van der Waals surface area contributed by atoms with Crippen molar-refractivity contribution in [2.75, 3.05) is 46.9 Å². The molecule has 0 unspecified atom stereocenters. The van der Waals surface area contributed by atoms with Crippen LogP contribution in [0.4, 0.5) is 0 Å². The number of methoxy groups -OCH3 is 2. The number of ether oxygens (including phenoxy) is 3. The molecule has 7 heteroatoms. The Morgan fingerprint density at radius 1 is 1.11 bits per heavy atom. The van der Waals surface area contributed by atoms with Crippen LogP contribution in [0.1, 0.15) is 0 Å². The van der Waals surface area contributed by atoms with Gasteiger partial charge in [-0.2, -0.15) is 0 Å². The number of carbonyl (C=O) groups excluding carboxylic acids is 1. The van der Waals surface area contributed by atoms with Gasteiger partial charge in [0.2, 0.25) is 0 Å². The molecule has 0 aromatic heterocycles. The maximum atomic E-state index is 11.0. The van der Waals surface area contributed by atoms with Crippen molar-refractivity contribution in [2.24, 2.45) is 0 Å². The summed E-state index contributed by atoms with van der Waals surface area (Å²) in [5, 5.41) is 0. The van der Waals surface area contributed by atoms with E-state index in [1.54, 1.807) is 14.2 Å². The second-order valence-electron chi connectivity index (χ2n) is 3.63. The normalized spacial score (nSPS) is 11.3. The molecule has 0 aliphatic rings. The average molecular weight is 278 g/mol. The number of hydrogen-bond donors (Lipinski definition) is 0. The van der Waals surface area contributed by atoms with E-state index in [0.29, 0.717) is 26.4 Å². The number of carbonyl (C=O) groups is 1. The van der Waals surface area contributed by atoms with Crippen LogP contribution in [0.2, 0.25) is 6.55 Å². The van der Waals surface area contributed by atoms with E-state index in [-0.39, 0.29) is 6.23 Å². The highest BCUT2D eigenvalue weighted by Crippen LogP contribution is 2.08. The highest BCUT2D eigenvalue weighted by molar-refractivity contribution is 6.66. The number of esters is 1. The predicted molar refractivity (Wildman–Crippen MR) is 68.4 cm³/mol. The van der Waals surface area contributed by atoms with Crippen molar-refractivity contribution in [1.29, 1.82) is 0 Å². The number of hydrogen-bond acceptors (Lipinski definition) is 6. The quantitative estimate of drug-likeness (QED) is 0.239. The molecule has 6 nitrogen and oxygen atoms in total. The summed E-state index contributed by atoms with van der Waals surface area (Å²) in [6, 6.07) is 0. The third-order valence-corrected chi connectivity index (χ3v) is 4.33. The molecule has 0 spiro atoms. The molecule has 0 fully saturated rings. The summed E-state index contributed by atoms with van der Waals surface area (Å²) in [4.78, 5) is 11.0. The van der Waals surface area contributed by atoms with Gasteiger partial charge in [-0.25, -0.2) is 4.79 Å². The molecule has 0 amide bonds. The van der Waals surface area contributed by atoms with Crippen LogP contribution < -0.4 is 0 Å². The van der Waals surface area contributed by atoms with Crippen LogP contribution in [0.15, 0.2) is 12.7 Å². The minimum absolute atomic E-state index is 0.116. The van der Waals surface area contributed by atoms with Crippen LogP contribution in [0, 0.1) is 0 Å². The van der Waals surface area contributed by atoms with E-state index in [1.165, 1.54) is 0 Å². The summed E-state index contributed by atoms with van der Waals surface area (Å²) in [6.45, 7) is 6.89. The highest BCUT2D eigenvalue weighted by atomic mass is 28.4. The molecule has 0 aromatic rings. The van der Waals surface area contributed by atoms with Crippen LogP contribution in [-0.4, -0.2) is 61.4 Å². The van der Waals surface area contributed by atoms with E-state index in [0.717, 1.165) is 6.08 Å². The summed E-state index contributed by atoms with van der Waals surface area (Å²) in [5.74, 6) is -0.487. The fourth-order valence-electron chi connectivity index (χ4n) is 1.07. The van der Waals surface area contributed by atoms with E-state index < -0.39 is 14.5 Å². The Bertz CT molecular complexity index is 236. The molecule has 0 radical (unpaired) electrons. The maximum Gasteiger partial charge on any atom is 0.374 e. The van der Waals surface area contributed by atoms with Crippen molar-refractivity contribution >= 4 is 14.5 Å². The van der Waals surface area contributed by atoms with Crippen molar-refractivity contribution in [3.8, 4) is 0 Å². The van der Waals surface area contributed by atoms with Crippen molar-refractivity contribution in [3.05, 3.63) is 12.7 Å². The van der Waals surface area contributed by atoms with Gasteiger partial charge >= 0.3 is 14.5 Å². The Labute approximate surface area is 109 Å². The second kappa shape index (κ2) is 10.2. The highest BCUT2D eigenvalue weighted by Gasteiger charge is 2.33. The van der Waals surface area contributed by atoms with E-state index in [1.807, 2.05) is 6.55 Å². The fraction of sp³-hybridized carbons (Fsp3) is 0.727. The van der Waals surface area contributed by atoms with E-state index in [2.05, 4.69) is 6.58 Å². The van der Waals surface area contributed by atoms with Gasteiger partial charge in [0, 0.05) is 20.3 Å². The molecule has 0 aliphatic heterocycles. The molecule has 0 N–H and O–H groups in total. The first-order chi connectivity index (χ1) is 8.58. The second-order valence-corrected chi connectivity index (χ2v) is 6.76. The topological polar surface area (TPSA) is 63.2 Å². The lowest BCUT2D eigenvalue weighted by molar-refractivity contribution is -0.136. The predicted octanol–water partition coefficient (Wildman–Crippen LogP) is 0.653.